The number of nitrogens with one attached hydrogen (secondary N) is 1. The molecule has 1 aromatic carbocycles. The summed E-state index contributed by atoms with van der Waals surface area (Å²) in [6, 6.07) is 11.0. The third-order valence-corrected chi connectivity index (χ3v) is 3.57. The van der Waals surface area contributed by atoms with Crippen LogP contribution in [0, 0.1) is 0 Å². The topological polar surface area (TPSA) is 12.0 Å². The minimum absolute atomic E-state index is 0.515. The van der Waals surface area contributed by atoms with Crippen LogP contribution < -0.4 is 5.32 Å². The fourth-order valence-corrected chi connectivity index (χ4v) is 2.70. The highest BCUT2D eigenvalue weighted by atomic mass is 15.1. The Morgan fingerprint density at radius 2 is 1.92 bits per heavy atom. The quantitative estimate of drug-likeness (QED) is 0.687. The van der Waals surface area contributed by atoms with Crippen molar-refractivity contribution in [3.05, 3.63) is 35.9 Å². The van der Waals surface area contributed by atoms with Crippen molar-refractivity contribution in [2.45, 2.75) is 30.7 Å². The third-order valence-electron chi connectivity index (χ3n) is 3.57. The predicted octanol–water partition coefficient (Wildman–Crippen LogP) is 2.30. The van der Waals surface area contributed by atoms with Crippen molar-refractivity contribution >= 4 is 0 Å². The van der Waals surface area contributed by atoms with Gasteiger partial charge in [-0.25, -0.2) is 0 Å². The van der Waals surface area contributed by atoms with Gasteiger partial charge < -0.3 is 5.32 Å². The Hall–Kier alpha value is -0.820. The summed E-state index contributed by atoms with van der Waals surface area (Å²) in [6.07, 6.45) is 4.09. The molecule has 2 fully saturated rings. The van der Waals surface area contributed by atoms with E-state index in [9.17, 15) is 0 Å². The highest BCUT2D eigenvalue weighted by Crippen LogP contribution is 2.51. The van der Waals surface area contributed by atoms with Crippen molar-refractivity contribution < 1.29 is 0 Å². The average Bonchev–Trinajstić information content (AvgIpc) is 2.80. The van der Waals surface area contributed by atoms with Crippen molar-refractivity contribution in [3.63, 3.8) is 0 Å². The molecule has 1 nitrogen and oxygen atoms in total. The summed E-state index contributed by atoms with van der Waals surface area (Å²) in [5.41, 5.74) is 2.05. The van der Waals surface area contributed by atoms with E-state index in [4.69, 9.17) is 0 Å². The van der Waals surface area contributed by atoms with Gasteiger partial charge in [-0.05, 0) is 31.4 Å². The normalized spacial score (nSPS) is 29.4. The Balaban J connectivity index is 1.93. The molecule has 68 valence electrons. The summed E-state index contributed by atoms with van der Waals surface area (Å²) in [4.78, 5) is 0. The van der Waals surface area contributed by atoms with Gasteiger partial charge in [-0.15, -0.1) is 0 Å². The van der Waals surface area contributed by atoms with Crippen LogP contribution in [0.15, 0.2) is 30.3 Å². The van der Waals surface area contributed by atoms with Crippen LogP contribution in [0.4, 0.5) is 0 Å². The first-order valence-corrected chi connectivity index (χ1v) is 5.21. The van der Waals surface area contributed by atoms with Crippen LogP contribution in [0.1, 0.15) is 30.7 Å². The number of hydrogen-bond donors (Lipinski definition) is 1. The molecule has 1 spiro atoms. The molecule has 1 aromatic rings. The van der Waals surface area contributed by atoms with E-state index >= 15 is 0 Å². The van der Waals surface area contributed by atoms with E-state index in [0.29, 0.717) is 5.54 Å². The molecule has 3 rings (SSSR count). The summed E-state index contributed by atoms with van der Waals surface area (Å²) in [7, 11) is 0. The van der Waals surface area contributed by atoms with E-state index in [-0.39, 0.29) is 0 Å². The fourth-order valence-electron chi connectivity index (χ4n) is 2.70. The number of benzene rings is 1. The lowest BCUT2D eigenvalue weighted by Crippen LogP contribution is -2.27. The minimum atomic E-state index is 0.515. The van der Waals surface area contributed by atoms with Crippen molar-refractivity contribution in [2.75, 3.05) is 6.54 Å². The highest BCUT2D eigenvalue weighted by molar-refractivity contribution is 5.29. The monoisotopic (exact) mass is 173 g/mol. The first kappa shape index (κ1) is 7.57. The van der Waals surface area contributed by atoms with Gasteiger partial charge in [0, 0.05) is 11.5 Å². The van der Waals surface area contributed by atoms with E-state index in [1.165, 1.54) is 31.4 Å². The van der Waals surface area contributed by atoms with Gasteiger partial charge in [0.25, 0.3) is 0 Å². The molecule has 0 aromatic heterocycles. The van der Waals surface area contributed by atoms with Crippen LogP contribution in [0.3, 0.4) is 0 Å². The lowest BCUT2D eigenvalue weighted by Gasteiger charge is -2.18. The van der Waals surface area contributed by atoms with E-state index < -0.39 is 0 Å². The van der Waals surface area contributed by atoms with Crippen LogP contribution in [0.25, 0.3) is 0 Å². The van der Waals surface area contributed by atoms with Gasteiger partial charge in [0.2, 0.25) is 0 Å². The fraction of sp³-hybridized carbons (Fsp3) is 0.500. The maximum absolute atomic E-state index is 3.66. The third kappa shape index (κ3) is 1.11. The number of rotatable bonds is 1. The molecular weight excluding hydrogens is 158 g/mol. The standard InChI is InChI=1S/C12H15N/c1-2-4-10(5-3-1)11-6-9-13-12(11)7-8-12/h1-5,11,13H,6-9H2. The first-order chi connectivity index (χ1) is 6.41. The molecule has 1 saturated carbocycles. The maximum Gasteiger partial charge on any atom is 0.0251 e. The Morgan fingerprint density at radius 1 is 1.15 bits per heavy atom. The summed E-state index contributed by atoms with van der Waals surface area (Å²) in [6.45, 7) is 1.21. The van der Waals surface area contributed by atoms with Gasteiger partial charge in [0.15, 0.2) is 0 Å². The second kappa shape index (κ2) is 2.58. The molecule has 1 aliphatic carbocycles. The van der Waals surface area contributed by atoms with Gasteiger partial charge in [-0.3, -0.25) is 0 Å². The van der Waals surface area contributed by atoms with Crippen molar-refractivity contribution in [3.8, 4) is 0 Å². The summed E-state index contributed by atoms with van der Waals surface area (Å²) < 4.78 is 0. The second-order valence-corrected chi connectivity index (χ2v) is 4.33. The van der Waals surface area contributed by atoms with Crippen LogP contribution in [-0.2, 0) is 0 Å². The highest BCUT2D eigenvalue weighted by Gasteiger charge is 2.52. The molecule has 1 unspecified atom stereocenters. The Kier molecular flexibility index (Phi) is 1.50. The largest absolute Gasteiger partial charge is 0.311 e. The molecule has 1 atom stereocenters. The first-order valence-electron chi connectivity index (χ1n) is 5.21. The van der Waals surface area contributed by atoms with E-state index in [1.54, 1.807) is 0 Å². The van der Waals surface area contributed by atoms with Crippen molar-refractivity contribution in [1.29, 1.82) is 0 Å². The molecular formula is C12H15N. The summed E-state index contributed by atoms with van der Waals surface area (Å²) in [5.74, 6) is 0.786. The minimum Gasteiger partial charge on any atom is -0.311 e. The molecule has 1 aliphatic heterocycles. The lowest BCUT2D eigenvalue weighted by molar-refractivity contribution is 0.535. The molecule has 1 saturated heterocycles. The molecule has 1 heterocycles. The molecule has 1 heteroatoms. The zero-order valence-electron chi connectivity index (χ0n) is 7.79. The van der Waals surface area contributed by atoms with Crippen molar-refractivity contribution in [1.82, 2.24) is 5.32 Å². The van der Waals surface area contributed by atoms with E-state index in [1.807, 2.05) is 0 Å². The zero-order chi connectivity index (χ0) is 8.73. The van der Waals surface area contributed by atoms with Gasteiger partial charge in [-0.2, -0.15) is 0 Å². The summed E-state index contributed by atoms with van der Waals surface area (Å²) in [5, 5.41) is 3.66. The summed E-state index contributed by atoms with van der Waals surface area (Å²) >= 11 is 0. The molecule has 1 N–H and O–H groups in total. The van der Waals surface area contributed by atoms with Crippen LogP contribution in [-0.4, -0.2) is 12.1 Å². The molecule has 0 amide bonds. The van der Waals surface area contributed by atoms with Gasteiger partial charge in [0.05, 0.1) is 0 Å². The lowest BCUT2D eigenvalue weighted by atomic mass is 9.90. The van der Waals surface area contributed by atoms with Gasteiger partial charge in [-0.1, -0.05) is 30.3 Å². The predicted molar refractivity (Wildman–Crippen MR) is 53.8 cm³/mol. The average molecular weight is 173 g/mol. The number of hydrogen-bond acceptors (Lipinski definition) is 1. The zero-order valence-corrected chi connectivity index (χ0v) is 7.79. The van der Waals surface area contributed by atoms with E-state index in [0.717, 1.165) is 5.92 Å². The Morgan fingerprint density at radius 3 is 2.62 bits per heavy atom. The van der Waals surface area contributed by atoms with Gasteiger partial charge in [0.1, 0.15) is 0 Å². The molecule has 0 radical (unpaired) electrons. The molecule has 0 bridgehead atoms. The van der Waals surface area contributed by atoms with Crippen LogP contribution in [0.2, 0.25) is 0 Å². The Labute approximate surface area is 79.2 Å². The maximum atomic E-state index is 3.66. The molecule has 2 aliphatic rings. The van der Waals surface area contributed by atoms with Gasteiger partial charge >= 0.3 is 0 Å². The smallest absolute Gasteiger partial charge is 0.0251 e. The van der Waals surface area contributed by atoms with Crippen LogP contribution in [0.5, 0.6) is 0 Å². The molecule has 13 heavy (non-hydrogen) atoms. The SMILES string of the molecule is c1ccc(C2CCNC23CC3)cc1. The van der Waals surface area contributed by atoms with Crippen LogP contribution >= 0.6 is 0 Å². The van der Waals surface area contributed by atoms with Crippen molar-refractivity contribution in [2.24, 2.45) is 0 Å². The Bertz CT molecular complexity index is 300. The second-order valence-electron chi connectivity index (χ2n) is 4.33. The van der Waals surface area contributed by atoms with E-state index in [2.05, 4.69) is 35.6 Å².